The number of carbonyl (C=O) groups excluding carboxylic acids is 1. The number of benzene rings is 1. The molecule has 4 nitrogen and oxygen atoms in total. The van der Waals surface area contributed by atoms with E-state index in [0.717, 1.165) is 16.6 Å². The first kappa shape index (κ1) is 13.6. The molecular weight excluding hydrogens is 240 g/mol. The van der Waals surface area contributed by atoms with E-state index in [1.807, 2.05) is 39.0 Å². The quantitative estimate of drug-likeness (QED) is 0.889. The van der Waals surface area contributed by atoms with Crippen LogP contribution in [-0.4, -0.2) is 40.6 Å². The number of likely N-dealkylation sites (N-methyl/N-ethyl adjacent to an activating group) is 1. The number of nitrogens with zero attached hydrogens (tertiary/aromatic N) is 1. The van der Waals surface area contributed by atoms with Gasteiger partial charge in [0.25, 0.3) is 5.91 Å². The summed E-state index contributed by atoms with van der Waals surface area (Å²) < 4.78 is 0. The number of H-pyrrole nitrogens is 1. The Morgan fingerprint density at radius 3 is 2.74 bits per heavy atom. The van der Waals surface area contributed by atoms with Crippen molar-refractivity contribution in [3.63, 3.8) is 0 Å². The molecule has 19 heavy (non-hydrogen) atoms. The van der Waals surface area contributed by atoms with E-state index in [1.165, 1.54) is 5.56 Å². The zero-order chi connectivity index (χ0) is 14.2. The van der Waals surface area contributed by atoms with Gasteiger partial charge in [0, 0.05) is 29.2 Å². The fourth-order valence-electron chi connectivity index (χ4n) is 2.12. The number of aryl methyl sites for hydroxylation is 2. The molecule has 0 radical (unpaired) electrons. The number of carbonyl (C=O) groups is 1. The number of hydrogen-bond acceptors (Lipinski definition) is 2. The summed E-state index contributed by atoms with van der Waals surface area (Å²) in [6, 6.07) is 5.48. The first-order chi connectivity index (χ1) is 8.95. The summed E-state index contributed by atoms with van der Waals surface area (Å²) in [7, 11) is 1.71. The predicted molar refractivity (Wildman–Crippen MR) is 76.4 cm³/mol. The van der Waals surface area contributed by atoms with Crippen molar-refractivity contribution in [2.45, 2.75) is 26.8 Å². The van der Waals surface area contributed by atoms with E-state index in [2.05, 4.69) is 4.98 Å². The molecule has 0 aliphatic heterocycles. The standard InChI is InChI=1S/C15H20N2O2/c1-9(8-18)17(4)15(19)12-5-6-14-13(7-12)10(2)11(3)16-14/h5-7,9,16,18H,8H2,1-4H3. The molecule has 0 saturated heterocycles. The number of nitrogens with one attached hydrogen (secondary N) is 1. The van der Waals surface area contributed by atoms with Crippen LogP contribution in [0.15, 0.2) is 18.2 Å². The van der Waals surface area contributed by atoms with Crippen LogP contribution in [0.2, 0.25) is 0 Å². The van der Waals surface area contributed by atoms with Gasteiger partial charge in [-0.15, -0.1) is 0 Å². The van der Waals surface area contributed by atoms with Gasteiger partial charge in [-0.05, 0) is 44.5 Å². The smallest absolute Gasteiger partial charge is 0.253 e. The largest absolute Gasteiger partial charge is 0.394 e. The van der Waals surface area contributed by atoms with Gasteiger partial charge in [-0.25, -0.2) is 0 Å². The Balaban J connectivity index is 2.40. The maximum absolute atomic E-state index is 12.3. The van der Waals surface area contributed by atoms with Crippen molar-refractivity contribution in [2.24, 2.45) is 0 Å². The normalized spacial score (nSPS) is 12.7. The van der Waals surface area contributed by atoms with E-state index in [-0.39, 0.29) is 18.6 Å². The maximum Gasteiger partial charge on any atom is 0.253 e. The lowest BCUT2D eigenvalue weighted by molar-refractivity contribution is 0.0682. The zero-order valence-corrected chi connectivity index (χ0v) is 11.8. The number of aromatic nitrogens is 1. The number of rotatable bonds is 3. The third kappa shape index (κ3) is 2.36. The van der Waals surface area contributed by atoms with Gasteiger partial charge in [0.05, 0.1) is 12.6 Å². The van der Waals surface area contributed by atoms with Crippen molar-refractivity contribution in [3.8, 4) is 0 Å². The van der Waals surface area contributed by atoms with E-state index < -0.39 is 0 Å². The monoisotopic (exact) mass is 260 g/mol. The summed E-state index contributed by atoms with van der Waals surface area (Å²) in [5, 5.41) is 10.2. The molecule has 1 atom stereocenters. The molecule has 1 unspecified atom stereocenters. The van der Waals surface area contributed by atoms with Crippen LogP contribution in [0, 0.1) is 13.8 Å². The lowest BCUT2D eigenvalue weighted by Gasteiger charge is -2.23. The van der Waals surface area contributed by atoms with Crippen molar-refractivity contribution < 1.29 is 9.90 Å². The molecule has 0 saturated carbocycles. The number of fused-ring (bicyclic) bond motifs is 1. The van der Waals surface area contributed by atoms with Crippen LogP contribution in [0.3, 0.4) is 0 Å². The SMILES string of the molecule is Cc1[nH]c2ccc(C(=O)N(C)C(C)CO)cc2c1C. The highest BCUT2D eigenvalue weighted by Crippen LogP contribution is 2.23. The van der Waals surface area contributed by atoms with E-state index >= 15 is 0 Å². The molecule has 0 bridgehead atoms. The lowest BCUT2D eigenvalue weighted by atomic mass is 10.1. The molecule has 2 aromatic rings. The molecule has 2 rings (SSSR count). The second-order valence-electron chi connectivity index (χ2n) is 5.08. The van der Waals surface area contributed by atoms with Gasteiger partial charge in [0.1, 0.15) is 0 Å². The summed E-state index contributed by atoms with van der Waals surface area (Å²) in [5.41, 5.74) is 3.99. The van der Waals surface area contributed by atoms with E-state index in [1.54, 1.807) is 11.9 Å². The van der Waals surface area contributed by atoms with Crippen molar-refractivity contribution >= 4 is 16.8 Å². The van der Waals surface area contributed by atoms with Crippen molar-refractivity contribution in [1.82, 2.24) is 9.88 Å². The number of aromatic amines is 1. The highest BCUT2D eigenvalue weighted by Gasteiger charge is 2.17. The average molecular weight is 260 g/mol. The molecular formula is C15H20N2O2. The molecule has 0 fully saturated rings. The van der Waals surface area contributed by atoms with Gasteiger partial charge in [-0.1, -0.05) is 0 Å². The van der Waals surface area contributed by atoms with Crippen molar-refractivity contribution in [1.29, 1.82) is 0 Å². The van der Waals surface area contributed by atoms with Crippen LogP contribution in [0.5, 0.6) is 0 Å². The summed E-state index contributed by atoms with van der Waals surface area (Å²) in [5.74, 6) is -0.0679. The van der Waals surface area contributed by atoms with Gasteiger partial charge >= 0.3 is 0 Å². The fourth-order valence-corrected chi connectivity index (χ4v) is 2.12. The maximum atomic E-state index is 12.3. The molecule has 0 aliphatic rings. The summed E-state index contributed by atoms with van der Waals surface area (Å²) in [6.07, 6.45) is 0. The van der Waals surface area contributed by atoms with Crippen LogP contribution >= 0.6 is 0 Å². The van der Waals surface area contributed by atoms with E-state index in [4.69, 9.17) is 5.11 Å². The number of hydrogen-bond donors (Lipinski definition) is 2. The highest BCUT2D eigenvalue weighted by molar-refractivity contribution is 5.99. The lowest BCUT2D eigenvalue weighted by Crippen LogP contribution is -2.37. The van der Waals surface area contributed by atoms with Crippen molar-refractivity contribution in [3.05, 3.63) is 35.0 Å². The summed E-state index contributed by atoms with van der Waals surface area (Å²) >= 11 is 0. The molecule has 102 valence electrons. The number of aliphatic hydroxyl groups is 1. The third-order valence-electron chi connectivity index (χ3n) is 3.80. The molecule has 1 heterocycles. The predicted octanol–water partition coefficient (Wildman–Crippen LogP) is 2.24. The van der Waals surface area contributed by atoms with Crippen LogP contribution in [-0.2, 0) is 0 Å². The topological polar surface area (TPSA) is 56.3 Å². The van der Waals surface area contributed by atoms with E-state index in [9.17, 15) is 4.79 Å². The molecule has 2 N–H and O–H groups in total. The summed E-state index contributed by atoms with van der Waals surface area (Å²) in [6.45, 7) is 5.86. The van der Waals surface area contributed by atoms with Crippen LogP contribution in [0.1, 0.15) is 28.5 Å². The minimum absolute atomic E-state index is 0.0349. The molecule has 4 heteroatoms. The Morgan fingerprint density at radius 2 is 2.11 bits per heavy atom. The highest BCUT2D eigenvalue weighted by atomic mass is 16.3. The molecule has 1 amide bonds. The van der Waals surface area contributed by atoms with Gasteiger partial charge in [-0.3, -0.25) is 4.79 Å². The van der Waals surface area contributed by atoms with Crippen molar-refractivity contribution in [2.75, 3.05) is 13.7 Å². The van der Waals surface area contributed by atoms with Crippen LogP contribution in [0.4, 0.5) is 0 Å². The minimum Gasteiger partial charge on any atom is -0.394 e. The minimum atomic E-state index is -0.183. The van der Waals surface area contributed by atoms with Gasteiger partial charge in [0.2, 0.25) is 0 Å². The Kier molecular flexibility index (Phi) is 3.62. The fraction of sp³-hybridized carbons (Fsp3) is 0.400. The first-order valence-corrected chi connectivity index (χ1v) is 6.42. The molecule has 0 spiro atoms. The Bertz CT molecular complexity index is 616. The summed E-state index contributed by atoms with van der Waals surface area (Å²) in [4.78, 5) is 17.2. The van der Waals surface area contributed by atoms with Crippen LogP contribution in [0.25, 0.3) is 10.9 Å². The Labute approximate surface area is 113 Å². The zero-order valence-electron chi connectivity index (χ0n) is 11.8. The van der Waals surface area contributed by atoms with Crippen LogP contribution < -0.4 is 0 Å². The number of aliphatic hydroxyl groups excluding tert-OH is 1. The average Bonchev–Trinajstić information content (AvgIpc) is 2.71. The van der Waals surface area contributed by atoms with E-state index in [0.29, 0.717) is 5.56 Å². The van der Waals surface area contributed by atoms with Gasteiger partial charge in [0.15, 0.2) is 0 Å². The Hall–Kier alpha value is -1.81. The number of amides is 1. The molecule has 1 aromatic carbocycles. The Morgan fingerprint density at radius 1 is 1.42 bits per heavy atom. The second kappa shape index (κ2) is 5.05. The molecule has 1 aromatic heterocycles. The third-order valence-corrected chi connectivity index (χ3v) is 3.80. The second-order valence-corrected chi connectivity index (χ2v) is 5.08. The first-order valence-electron chi connectivity index (χ1n) is 6.42. The van der Waals surface area contributed by atoms with Gasteiger partial charge in [-0.2, -0.15) is 0 Å². The molecule has 0 aliphatic carbocycles. The van der Waals surface area contributed by atoms with Gasteiger partial charge < -0.3 is 15.0 Å².